The average Bonchev–Trinajstić information content (AvgIpc) is 2.75. The number of ether oxygens (including phenoxy) is 1. The van der Waals surface area contributed by atoms with E-state index in [-0.39, 0.29) is 11.9 Å². The number of para-hydroxylation sites is 1. The highest BCUT2D eigenvalue weighted by Gasteiger charge is 2.18. The second kappa shape index (κ2) is 5.40. The number of hydrogen-bond acceptors (Lipinski definition) is 3. The van der Waals surface area contributed by atoms with Crippen molar-refractivity contribution in [3.63, 3.8) is 0 Å². The number of carbonyl (C=O) groups excluding carboxylic acids is 1. The van der Waals surface area contributed by atoms with Gasteiger partial charge in [-0.2, -0.15) is 0 Å². The second-order valence-corrected chi connectivity index (χ2v) is 4.88. The summed E-state index contributed by atoms with van der Waals surface area (Å²) in [6.07, 6.45) is 0.0160. The lowest BCUT2D eigenvalue weighted by Crippen LogP contribution is -2.10. The maximum Gasteiger partial charge on any atom is 0.231 e. The molecular formula is C14H13BrO3. The van der Waals surface area contributed by atoms with Gasteiger partial charge < -0.3 is 9.15 Å². The molecule has 0 saturated heterocycles. The lowest BCUT2D eigenvalue weighted by atomic mass is 10.1. The molecule has 0 unspecified atom stereocenters. The van der Waals surface area contributed by atoms with Crippen molar-refractivity contribution in [3.05, 3.63) is 52.4 Å². The maximum absolute atomic E-state index is 12.3. The molecule has 1 heterocycles. The number of benzene rings is 1. The number of halogens is 1. The van der Waals surface area contributed by atoms with Crippen molar-refractivity contribution in [2.75, 3.05) is 0 Å². The average molecular weight is 309 g/mol. The monoisotopic (exact) mass is 308 g/mol. The summed E-state index contributed by atoms with van der Waals surface area (Å²) in [5.74, 6) is 0.684. The topological polar surface area (TPSA) is 39.4 Å². The minimum absolute atomic E-state index is 0.0160. The van der Waals surface area contributed by atoms with Crippen LogP contribution in [0.3, 0.4) is 0 Å². The van der Waals surface area contributed by atoms with Crippen LogP contribution in [0.15, 0.2) is 45.5 Å². The fourth-order valence-corrected chi connectivity index (χ4v) is 1.89. The zero-order valence-corrected chi connectivity index (χ0v) is 11.7. The fourth-order valence-electron chi connectivity index (χ4n) is 1.58. The van der Waals surface area contributed by atoms with E-state index in [1.54, 1.807) is 30.3 Å². The van der Waals surface area contributed by atoms with Gasteiger partial charge in [-0.05, 0) is 54.0 Å². The molecule has 2 rings (SSSR count). The highest BCUT2D eigenvalue weighted by Crippen LogP contribution is 2.24. The molecule has 0 N–H and O–H groups in total. The zero-order valence-electron chi connectivity index (χ0n) is 10.1. The molecule has 0 bridgehead atoms. The van der Waals surface area contributed by atoms with E-state index in [4.69, 9.17) is 9.15 Å². The van der Waals surface area contributed by atoms with Gasteiger partial charge in [-0.1, -0.05) is 12.1 Å². The first kappa shape index (κ1) is 12.9. The van der Waals surface area contributed by atoms with Crippen LogP contribution in [-0.2, 0) is 0 Å². The number of rotatable bonds is 4. The van der Waals surface area contributed by atoms with Gasteiger partial charge in [-0.25, -0.2) is 0 Å². The Morgan fingerprint density at radius 1 is 1.22 bits per heavy atom. The Morgan fingerprint density at radius 2 is 1.94 bits per heavy atom. The first-order valence-corrected chi connectivity index (χ1v) is 6.43. The predicted octanol–water partition coefficient (Wildman–Crippen LogP) is 4.06. The minimum atomic E-state index is -0.183. The fraction of sp³-hybridized carbons (Fsp3) is 0.214. The van der Waals surface area contributed by atoms with Crippen LogP contribution in [0.4, 0.5) is 0 Å². The van der Waals surface area contributed by atoms with E-state index in [1.807, 2.05) is 19.9 Å². The largest absolute Gasteiger partial charge is 0.490 e. The number of furan rings is 1. The normalized spacial score (nSPS) is 10.7. The summed E-state index contributed by atoms with van der Waals surface area (Å²) in [7, 11) is 0. The van der Waals surface area contributed by atoms with E-state index in [2.05, 4.69) is 15.9 Å². The molecule has 94 valence electrons. The molecule has 0 fully saturated rings. The van der Waals surface area contributed by atoms with Crippen molar-refractivity contribution in [2.45, 2.75) is 20.0 Å². The summed E-state index contributed by atoms with van der Waals surface area (Å²) in [5.41, 5.74) is 0.507. The molecule has 1 aromatic heterocycles. The molecule has 0 atom stereocenters. The van der Waals surface area contributed by atoms with Gasteiger partial charge in [0.2, 0.25) is 5.78 Å². The molecular weight excluding hydrogens is 296 g/mol. The van der Waals surface area contributed by atoms with E-state index >= 15 is 0 Å². The Morgan fingerprint density at radius 3 is 2.56 bits per heavy atom. The van der Waals surface area contributed by atoms with Crippen LogP contribution in [0.2, 0.25) is 0 Å². The minimum Gasteiger partial charge on any atom is -0.490 e. The second-order valence-electron chi connectivity index (χ2n) is 4.10. The molecule has 0 amide bonds. The van der Waals surface area contributed by atoms with Gasteiger partial charge in [0.1, 0.15) is 5.75 Å². The Hall–Kier alpha value is -1.55. The smallest absolute Gasteiger partial charge is 0.231 e. The van der Waals surface area contributed by atoms with Crippen molar-refractivity contribution < 1.29 is 13.9 Å². The van der Waals surface area contributed by atoms with Crippen LogP contribution < -0.4 is 4.74 Å². The molecule has 0 aliphatic heterocycles. The SMILES string of the molecule is CC(C)Oc1ccccc1C(=O)c1ccc(Br)o1. The molecule has 0 saturated carbocycles. The van der Waals surface area contributed by atoms with Crippen molar-refractivity contribution in [3.8, 4) is 5.75 Å². The molecule has 18 heavy (non-hydrogen) atoms. The van der Waals surface area contributed by atoms with Crippen LogP contribution >= 0.6 is 15.9 Å². The maximum atomic E-state index is 12.3. The van der Waals surface area contributed by atoms with E-state index in [1.165, 1.54) is 0 Å². The molecule has 3 nitrogen and oxygen atoms in total. The Balaban J connectivity index is 2.35. The zero-order chi connectivity index (χ0) is 13.1. The van der Waals surface area contributed by atoms with E-state index < -0.39 is 0 Å². The third-order valence-corrected chi connectivity index (χ3v) is 2.72. The van der Waals surface area contributed by atoms with Gasteiger partial charge in [-0.3, -0.25) is 4.79 Å². The standard InChI is InChI=1S/C14H13BrO3/c1-9(2)17-11-6-4-3-5-10(11)14(16)12-7-8-13(15)18-12/h3-9H,1-2H3. The van der Waals surface area contributed by atoms with Crippen LogP contribution in [0, 0.1) is 0 Å². The highest BCUT2D eigenvalue weighted by molar-refractivity contribution is 9.10. The predicted molar refractivity (Wildman–Crippen MR) is 72.0 cm³/mol. The van der Waals surface area contributed by atoms with Crippen LogP contribution in [0.1, 0.15) is 30.0 Å². The molecule has 0 spiro atoms. The lowest BCUT2D eigenvalue weighted by Gasteiger charge is -2.12. The van der Waals surface area contributed by atoms with Crippen LogP contribution in [-0.4, -0.2) is 11.9 Å². The molecule has 1 aromatic carbocycles. The summed E-state index contributed by atoms with van der Waals surface area (Å²) in [6.45, 7) is 3.84. The first-order valence-electron chi connectivity index (χ1n) is 5.63. The third kappa shape index (κ3) is 2.82. The molecule has 2 aromatic rings. The molecule has 0 aliphatic rings. The highest BCUT2D eigenvalue weighted by atomic mass is 79.9. The van der Waals surface area contributed by atoms with Gasteiger partial charge in [-0.15, -0.1) is 0 Å². The van der Waals surface area contributed by atoms with Gasteiger partial charge in [0.25, 0.3) is 0 Å². The van der Waals surface area contributed by atoms with Gasteiger partial charge in [0.15, 0.2) is 10.4 Å². The summed E-state index contributed by atoms with van der Waals surface area (Å²) >= 11 is 3.18. The summed E-state index contributed by atoms with van der Waals surface area (Å²) in [4.78, 5) is 12.3. The Kier molecular flexibility index (Phi) is 3.87. The summed E-state index contributed by atoms with van der Waals surface area (Å²) < 4.78 is 11.4. The van der Waals surface area contributed by atoms with Crippen LogP contribution in [0.5, 0.6) is 5.75 Å². The van der Waals surface area contributed by atoms with Crippen molar-refractivity contribution in [1.29, 1.82) is 0 Å². The van der Waals surface area contributed by atoms with E-state index in [0.717, 1.165) is 0 Å². The number of ketones is 1. The first-order chi connectivity index (χ1) is 8.58. The Bertz CT molecular complexity index is 558. The van der Waals surface area contributed by atoms with Crippen molar-refractivity contribution in [2.24, 2.45) is 0 Å². The van der Waals surface area contributed by atoms with Crippen LogP contribution in [0.25, 0.3) is 0 Å². The van der Waals surface area contributed by atoms with Gasteiger partial charge in [0.05, 0.1) is 11.7 Å². The lowest BCUT2D eigenvalue weighted by molar-refractivity contribution is 0.100. The van der Waals surface area contributed by atoms with E-state index in [9.17, 15) is 4.79 Å². The van der Waals surface area contributed by atoms with E-state index in [0.29, 0.717) is 21.7 Å². The van der Waals surface area contributed by atoms with Crippen molar-refractivity contribution >= 4 is 21.7 Å². The van der Waals surface area contributed by atoms with Crippen molar-refractivity contribution in [1.82, 2.24) is 0 Å². The quantitative estimate of drug-likeness (QED) is 0.800. The number of carbonyl (C=O) groups is 1. The summed E-state index contributed by atoms with van der Waals surface area (Å²) in [5, 5.41) is 0. The number of hydrogen-bond donors (Lipinski definition) is 0. The van der Waals surface area contributed by atoms with Gasteiger partial charge in [0, 0.05) is 0 Å². The summed E-state index contributed by atoms with van der Waals surface area (Å²) in [6, 6.07) is 10.5. The molecule has 0 radical (unpaired) electrons. The van der Waals surface area contributed by atoms with Gasteiger partial charge >= 0.3 is 0 Å². The third-order valence-electron chi connectivity index (χ3n) is 2.29. The Labute approximate surface area is 114 Å². The molecule has 4 heteroatoms. The molecule has 0 aliphatic carbocycles.